The van der Waals surface area contributed by atoms with E-state index in [1.54, 1.807) is 13.1 Å². The van der Waals surface area contributed by atoms with E-state index in [0.29, 0.717) is 5.58 Å². The average molecular weight is 250 g/mol. The smallest absolute Gasteiger partial charge is 0.408 e. The molecule has 1 N–H and O–H groups in total. The minimum Gasteiger partial charge on any atom is -0.408 e. The van der Waals surface area contributed by atoms with Gasteiger partial charge in [0.05, 0.1) is 17.7 Å². The SMILES string of the molecule is CN(c1ccc2oc(=O)n(C)c2c1)C(C)(C)CO. The van der Waals surface area contributed by atoms with Crippen LogP contribution in [0.3, 0.4) is 0 Å². The summed E-state index contributed by atoms with van der Waals surface area (Å²) < 4.78 is 6.56. The lowest BCUT2D eigenvalue weighted by molar-refractivity contribution is 0.216. The molecule has 98 valence electrons. The number of aliphatic hydroxyl groups excluding tert-OH is 1. The van der Waals surface area contributed by atoms with Gasteiger partial charge in [-0.2, -0.15) is 0 Å². The highest BCUT2D eigenvalue weighted by Crippen LogP contribution is 2.25. The lowest BCUT2D eigenvalue weighted by Crippen LogP contribution is -2.44. The molecule has 18 heavy (non-hydrogen) atoms. The van der Waals surface area contributed by atoms with E-state index in [0.717, 1.165) is 11.2 Å². The molecule has 0 bridgehead atoms. The van der Waals surface area contributed by atoms with Gasteiger partial charge >= 0.3 is 5.76 Å². The molecular formula is C13H18N2O3. The zero-order valence-electron chi connectivity index (χ0n) is 11.1. The van der Waals surface area contributed by atoms with Gasteiger partial charge in [-0.3, -0.25) is 4.57 Å². The number of rotatable bonds is 3. The standard InChI is InChI=1S/C13H18N2O3/c1-13(2,8-16)15(4)9-5-6-11-10(7-9)14(3)12(17)18-11/h5-7,16H,8H2,1-4H3. The predicted octanol–water partition coefficient (Wildman–Crippen LogP) is 1.34. The molecule has 0 saturated heterocycles. The Morgan fingerprint density at radius 1 is 1.44 bits per heavy atom. The third kappa shape index (κ3) is 1.90. The van der Waals surface area contributed by atoms with Crippen LogP contribution in [0.15, 0.2) is 27.4 Å². The fourth-order valence-corrected chi connectivity index (χ4v) is 1.78. The summed E-state index contributed by atoms with van der Waals surface area (Å²) in [5.41, 5.74) is 1.88. The number of hydrogen-bond acceptors (Lipinski definition) is 4. The van der Waals surface area contributed by atoms with Gasteiger partial charge in [-0.15, -0.1) is 0 Å². The summed E-state index contributed by atoms with van der Waals surface area (Å²) >= 11 is 0. The molecule has 0 aliphatic heterocycles. The molecule has 1 aromatic carbocycles. The number of aliphatic hydroxyl groups is 1. The third-order valence-electron chi connectivity index (χ3n) is 3.46. The van der Waals surface area contributed by atoms with E-state index in [-0.39, 0.29) is 17.9 Å². The van der Waals surface area contributed by atoms with Crippen LogP contribution in [0.1, 0.15) is 13.8 Å². The minimum atomic E-state index is -0.369. The normalized spacial score (nSPS) is 12.1. The molecule has 0 aliphatic carbocycles. The molecule has 0 aliphatic rings. The van der Waals surface area contributed by atoms with Crippen molar-refractivity contribution in [3.8, 4) is 0 Å². The van der Waals surface area contributed by atoms with E-state index in [1.807, 2.05) is 37.9 Å². The molecular weight excluding hydrogens is 232 g/mol. The van der Waals surface area contributed by atoms with Gasteiger partial charge in [-0.05, 0) is 32.0 Å². The number of aryl methyl sites for hydroxylation is 1. The van der Waals surface area contributed by atoms with Gasteiger partial charge in [-0.25, -0.2) is 4.79 Å². The predicted molar refractivity (Wildman–Crippen MR) is 71.0 cm³/mol. The highest BCUT2D eigenvalue weighted by atomic mass is 16.4. The minimum absolute atomic E-state index is 0.0475. The first-order valence-electron chi connectivity index (χ1n) is 5.81. The Hall–Kier alpha value is -1.75. The van der Waals surface area contributed by atoms with Crippen molar-refractivity contribution < 1.29 is 9.52 Å². The van der Waals surface area contributed by atoms with Gasteiger partial charge < -0.3 is 14.4 Å². The summed E-state index contributed by atoms with van der Waals surface area (Å²) in [5.74, 6) is -0.369. The maximum Gasteiger partial charge on any atom is 0.419 e. The van der Waals surface area contributed by atoms with Crippen molar-refractivity contribution in [3.63, 3.8) is 0 Å². The molecule has 0 spiro atoms. The monoisotopic (exact) mass is 250 g/mol. The fourth-order valence-electron chi connectivity index (χ4n) is 1.78. The maximum atomic E-state index is 11.4. The number of benzene rings is 1. The van der Waals surface area contributed by atoms with Crippen LogP contribution in [-0.4, -0.2) is 28.9 Å². The summed E-state index contributed by atoms with van der Waals surface area (Å²) in [6, 6.07) is 5.54. The largest absolute Gasteiger partial charge is 0.419 e. The Morgan fingerprint density at radius 3 is 2.72 bits per heavy atom. The third-order valence-corrected chi connectivity index (χ3v) is 3.46. The van der Waals surface area contributed by atoms with E-state index in [1.165, 1.54) is 4.57 Å². The van der Waals surface area contributed by atoms with Crippen molar-refractivity contribution in [2.75, 3.05) is 18.6 Å². The number of fused-ring (bicyclic) bond motifs is 1. The molecule has 0 unspecified atom stereocenters. The van der Waals surface area contributed by atoms with Crippen molar-refractivity contribution in [2.24, 2.45) is 7.05 Å². The Kier molecular flexibility index (Phi) is 2.94. The molecule has 2 rings (SSSR count). The zero-order chi connectivity index (χ0) is 13.5. The fraction of sp³-hybridized carbons (Fsp3) is 0.462. The molecule has 0 saturated carbocycles. The van der Waals surface area contributed by atoms with Crippen molar-refractivity contribution in [1.82, 2.24) is 4.57 Å². The topological polar surface area (TPSA) is 58.6 Å². The van der Waals surface area contributed by atoms with Crippen LogP contribution >= 0.6 is 0 Å². The van der Waals surface area contributed by atoms with Crippen LogP contribution in [0.5, 0.6) is 0 Å². The van der Waals surface area contributed by atoms with Crippen LogP contribution in [0, 0.1) is 0 Å². The molecule has 5 heteroatoms. The van der Waals surface area contributed by atoms with Gasteiger partial charge in [0.25, 0.3) is 0 Å². The molecule has 0 fully saturated rings. The first kappa shape index (κ1) is 12.7. The quantitative estimate of drug-likeness (QED) is 0.893. The number of hydrogen-bond donors (Lipinski definition) is 1. The molecule has 0 amide bonds. The number of anilines is 1. The van der Waals surface area contributed by atoms with Crippen molar-refractivity contribution in [2.45, 2.75) is 19.4 Å². The second-order valence-electron chi connectivity index (χ2n) is 5.11. The number of oxazole rings is 1. The van der Waals surface area contributed by atoms with Gasteiger partial charge in [-0.1, -0.05) is 0 Å². The van der Waals surface area contributed by atoms with Gasteiger partial charge in [0.15, 0.2) is 5.58 Å². The van der Waals surface area contributed by atoms with E-state index in [2.05, 4.69) is 0 Å². The molecule has 2 aromatic rings. The lowest BCUT2D eigenvalue weighted by atomic mass is 10.0. The molecule has 0 radical (unpaired) electrons. The maximum absolute atomic E-state index is 11.4. The van der Waals surface area contributed by atoms with Crippen LogP contribution < -0.4 is 10.7 Å². The second-order valence-corrected chi connectivity index (χ2v) is 5.11. The molecule has 0 atom stereocenters. The van der Waals surface area contributed by atoms with Crippen molar-refractivity contribution in [1.29, 1.82) is 0 Å². The van der Waals surface area contributed by atoms with E-state index >= 15 is 0 Å². The van der Waals surface area contributed by atoms with Crippen molar-refractivity contribution in [3.05, 3.63) is 28.7 Å². The van der Waals surface area contributed by atoms with Gasteiger partial charge in [0.1, 0.15) is 0 Å². The summed E-state index contributed by atoms with van der Waals surface area (Å²) in [7, 11) is 3.59. The average Bonchev–Trinajstić information content (AvgIpc) is 2.64. The molecule has 1 aromatic heterocycles. The number of aromatic nitrogens is 1. The highest BCUT2D eigenvalue weighted by Gasteiger charge is 2.23. The zero-order valence-corrected chi connectivity index (χ0v) is 11.1. The number of nitrogens with zero attached hydrogens (tertiary/aromatic N) is 2. The van der Waals surface area contributed by atoms with Crippen LogP contribution in [-0.2, 0) is 7.05 Å². The van der Waals surface area contributed by atoms with Crippen LogP contribution in [0.25, 0.3) is 11.1 Å². The van der Waals surface area contributed by atoms with E-state index in [9.17, 15) is 9.90 Å². The lowest BCUT2D eigenvalue weighted by Gasteiger charge is -2.35. The van der Waals surface area contributed by atoms with Gasteiger partial charge in [0, 0.05) is 19.8 Å². The second kappa shape index (κ2) is 4.17. The summed E-state index contributed by atoms with van der Waals surface area (Å²) in [4.78, 5) is 13.4. The van der Waals surface area contributed by atoms with Crippen LogP contribution in [0.4, 0.5) is 5.69 Å². The van der Waals surface area contributed by atoms with Crippen LogP contribution in [0.2, 0.25) is 0 Å². The van der Waals surface area contributed by atoms with E-state index in [4.69, 9.17) is 4.42 Å². The summed E-state index contributed by atoms with van der Waals surface area (Å²) in [5, 5.41) is 9.38. The highest BCUT2D eigenvalue weighted by molar-refractivity contribution is 5.78. The van der Waals surface area contributed by atoms with E-state index < -0.39 is 0 Å². The summed E-state index contributed by atoms with van der Waals surface area (Å²) in [6.07, 6.45) is 0. The number of likely N-dealkylation sites (N-methyl/N-ethyl adjacent to an activating group) is 1. The Bertz CT molecular complexity index is 625. The Labute approximate surface area is 105 Å². The van der Waals surface area contributed by atoms with Crippen molar-refractivity contribution >= 4 is 16.8 Å². The van der Waals surface area contributed by atoms with Gasteiger partial charge in [0.2, 0.25) is 0 Å². The molecule has 5 nitrogen and oxygen atoms in total. The first-order valence-corrected chi connectivity index (χ1v) is 5.81. The summed E-state index contributed by atoms with van der Waals surface area (Å²) in [6.45, 7) is 3.95. The Balaban J connectivity index is 2.53. The Morgan fingerprint density at radius 2 is 2.11 bits per heavy atom. The molecule has 1 heterocycles. The first-order chi connectivity index (χ1) is 8.36.